The van der Waals surface area contributed by atoms with Gasteiger partial charge < -0.3 is 30.2 Å². The zero-order valence-electron chi connectivity index (χ0n) is 21.3. The number of nitrogens with one attached hydrogen (secondary N) is 3. The SMILES string of the molecule is CC(C)(C)OC(=O)NC1(C(=O)N[C@H](C#N)Cc2ccc(-c3ccc4c(O)[nH]cc4c3)cc2)CCOCC1. The van der Waals surface area contributed by atoms with Gasteiger partial charge in [-0.1, -0.05) is 30.3 Å². The fourth-order valence-electron chi connectivity index (χ4n) is 4.42. The maximum atomic E-state index is 13.3. The first-order chi connectivity index (χ1) is 17.6. The average Bonchev–Trinajstić information content (AvgIpc) is 3.23. The molecule has 2 amide bonds. The lowest BCUT2D eigenvalue weighted by Gasteiger charge is -2.37. The number of H-pyrrole nitrogens is 1. The van der Waals surface area contributed by atoms with Gasteiger partial charge in [-0.05, 0) is 49.6 Å². The van der Waals surface area contributed by atoms with Crippen molar-refractivity contribution >= 4 is 22.8 Å². The van der Waals surface area contributed by atoms with Gasteiger partial charge in [-0.25, -0.2) is 4.79 Å². The Labute approximate surface area is 215 Å². The minimum Gasteiger partial charge on any atom is -0.494 e. The zero-order valence-corrected chi connectivity index (χ0v) is 21.3. The van der Waals surface area contributed by atoms with Crippen LogP contribution in [0.4, 0.5) is 4.79 Å². The number of fused-ring (bicyclic) bond motifs is 1. The van der Waals surface area contributed by atoms with Crippen molar-refractivity contribution in [3.63, 3.8) is 0 Å². The second-order valence-corrected chi connectivity index (χ2v) is 10.3. The Bertz CT molecular complexity index is 1310. The summed E-state index contributed by atoms with van der Waals surface area (Å²) in [6.07, 6.45) is 1.96. The molecule has 0 unspecified atom stereocenters. The quantitative estimate of drug-likeness (QED) is 0.398. The Morgan fingerprint density at radius 3 is 2.49 bits per heavy atom. The summed E-state index contributed by atoms with van der Waals surface area (Å²) in [5.41, 5.74) is 0.968. The maximum absolute atomic E-state index is 13.3. The molecule has 0 bridgehead atoms. The normalized spacial score (nSPS) is 15.9. The number of aromatic nitrogens is 1. The highest BCUT2D eigenvalue weighted by Crippen LogP contribution is 2.29. The number of hydrogen-bond acceptors (Lipinski definition) is 6. The highest BCUT2D eigenvalue weighted by atomic mass is 16.6. The number of nitrogens with zero attached hydrogens (tertiary/aromatic N) is 1. The predicted molar refractivity (Wildman–Crippen MR) is 139 cm³/mol. The van der Waals surface area contributed by atoms with E-state index in [1.807, 2.05) is 42.5 Å². The van der Waals surface area contributed by atoms with Crippen molar-refractivity contribution in [3.8, 4) is 23.1 Å². The molecular weight excluding hydrogens is 472 g/mol. The van der Waals surface area contributed by atoms with E-state index in [1.54, 1.807) is 27.0 Å². The number of alkyl carbamates (subject to hydrolysis) is 1. The lowest BCUT2D eigenvalue weighted by Crippen LogP contribution is -2.63. The summed E-state index contributed by atoms with van der Waals surface area (Å²) in [4.78, 5) is 28.6. The fraction of sp³-hybridized carbons (Fsp3) is 0.393. The van der Waals surface area contributed by atoms with Gasteiger partial charge in [0.25, 0.3) is 0 Å². The molecule has 194 valence electrons. The smallest absolute Gasteiger partial charge is 0.408 e. The van der Waals surface area contributed by atoms with Gasteiger partial charge in [0.1, 0.15) is 17.2 Å². The van der Waals surface area contributed by atoms with E-state index in [4.69, 9.17) is 9.47 Å². The lowest BCUT2D eigenvalue weighted by molar-refractivity contribution is -0.132. The number of ether oxygens (including phenoxy) is 2. The first-order valence-electron chi connectivity index (χ1n) is 12.3. The molecule has 0 aliphatic carbocycles. The molecule has 1 fully saturated rings. The lowest BCUT2D eigenvalue weighted by atomic mass is 9.88. The molecule has 1 aromatic heterocycles. The number of rotatable bonds is 6. The van der Waals surface area contributed by atoms with Gasteiger partial charge >= 0.3 is 6.09 Å². The number of nitriles is 1. The molecule has 1 aliphatic rings. The third-order valence-corrected chi connectivity index (χ3v) is 6.38. The van der Waals surface area contributed by atoms with Gasteiger partial charge in [0, 0.05) is 49.4 Å². The van der Waals surface area contributed by atoms with E-state index in [0.717, 1.165) is 27.5 Å². The van der Waals surface area contributed by atoms with Gasteiger partial charge in [0.15, 0.2) is 5.88 Å². The predicted octanol–water partition coefficient (Wildman–Crippen LogP) is 4.17. The first-order valence-corrected chi connectivity index (χ1v) is 12.3. The minimum absolute atomic E-state index is 0.144. The Morgan fingerprint density at radius 2 is 1.84 bits per heavy atom. The highest BCUT2D eigenvalue weighted by Gasteiger charge is 2.43. The van der Waals surface area contributed by atoms with Gasteiger partial charge in [0.2, 0.25) is 5.91 Å². The second-order valence-electron chi connectivity index (χ2n) is 10.3. The van der Waals surface area contributed by atoms with Crippen LogP contribution in [-0.2, 0) is 20.7 Å². The fourth-order valence-corrected chi connectivity index (χ4v) is 4.42. The van der Waals surface area contributed by atoms with Crippen LogP contribution in [0.5, 0.6) is 5.88 Å². The van der Waals surface area contributed by atoms with Gasteiger partial charge in [-0.2, -0.15) is 5.26 Å². The minimum atomic E-state index is -1.20. The van der Waals surface area contributed by atoms with Crippen LogP contribution in [0.15, 0.2) is 48.7 Å². The topological polar surface area (TPSA) is 136 Å². The van der Waals surface area contributed by atoms with Crippen LogP contribution in [0.25, 0.3) is 21.9 Å². The molecule has 3 aromatic rings. The van der Waals surface area contributed by atoms with Crippen LogP contribution >= 0.6 is 0 Å². The molecular formula is C28H32N4O5. The van der Waals surface area contributed by atoms with Crippen LogP contribution in [0.3, 0.4) is 0 Å². The molecule has 9 nitrogen and oxygen atoms in total. The van der Waals surface area contributed by atoms with Crippen LogP contribution in [-0.4, -0.2) is 52.5 Å². The van der Waals surface area contributed by atoms with Crippen molar-refractivity contribution in [2.75, 3.05) is 13.2 Å². The van der Waals surface area contributed by atoms with Crippen molar-refractivity contribution in [3.05, 3.63) is 54.2 Å². The van der Waals surface area contributed by atoms with Crippen LogP contribution in [0.2, 0.25) is 0 Å². The second kappa shape index (κ2) is 10.5. The summed E-state index contributed by atoms with van der Waals surface area (Å²) in [6, 6.07) is 14.9. The number of aromatic amines is 1. The van der Waals surface area contributed by atoms with E-state index in [2.05, 4.69) is 21.7 Å². The van der Waals surface area contributed by atoms with Gasteiger partial charge in [-0.15, -0.1) is 0 Å². The molecule has 1 atom stereocenters. The number of benzene rings is 2. The summed E-state index contributed by atoms with van der Waals surface area (Å²) in [6.45, 7) is 5.89. The van der Waals surface area contributed by atoms with E-state index in [1.165, 1.54) is 0 Å². The zero-order chi connectivity index (χ0) is 26.6. The molecule has 0 saturated carbocycles. The van der Waals surface area contributed by atoms with Crippen LogP contribution in [0.1, 0.15) is 39.2 Å². The Morgan fingerprint density at radius 1 is 1.16 bits per heavy atom. The van der Waals surface area contributed by atoms with E-state index in [0.29, 0.717) is 19.6 Å². The van der Waals surface area contributed by atoms with Crippen molar-refractivity contribution in [2.24, 2.45) is 0 Å². The van der Waals surface area contributed by atoms with E-state index < -0.39 is 29.2 Å². The van der Waals surface area contributed by atoms with Crippen molar-refractivity contribution in [2.45, 2.75) is 57.2 Å². The monoisotopic (exact) mass is 504 g/mol. The number of hydrogen-bond donors (Lipinski definition) is 4. The summed E-state index contributed by atoms with van der Waals surface area (Å²) >= 11 is 0. The molecule has 2 aromatic carbocycles. The average molecular weight is 505 g/mol. The standard InChI is InChI=1S/C28H32N4O5/c1-27(2,3)37-26(35)32-28(10-12-36-13-11-28)25(34)31-22(16-29)14-18-4-6-19(7-5-18)20-8-9-23-21(15-20)17-30-24(23)33/h4-9,15,17,22,30,33H,10-14H2,1-3H3,(H,31,34)(H,32,35)/t22-/m0/s1. The van der Waals surface area contributed by atoms with Gasteiger partial charge in [-0.3, -0.25) is 4.79 Å². The van der Waals surface area contributed by atoms with E-state index in [-0.39, 0.29) is 18.7 Å². The van der Waals surface area contributed by atoms with Crippen molar-refractivity contribution < 1.29 is 24.2 Å². The molecule has 1 saturated heterocycles. The number of carbonyl (C=O) groups excluding carboxylic acids is 2. The molecule has 0 radical (unpaired) electrons. The Kier molecular flexibility index (Phi) is 7.41. The number of amides is 2. The van der Waals surface area contributed by atoms with Crippen LogP contribution < -0.4 is 10.6 Å². The Balaban J connectivity index is 1.43. The molecule has 1 aliphatic heterocycles. The highest BCUT2D eigenvalue weighted by molar-refractivity contribution is 5.91. The summed E-state index contributed by atoms with van der Waals surface area (Å²) < 4.78 is 10.8. The van der Waals surface area contributed by atoms with E-state index >= 15 is 0 Å². The molecule has 0 spiro atoms. The summed E-state index contributed by atoms with van der Waals surface area (Å²) in [5, 5.41) is 26.8. The molecule has 4 N–H and O–H groups in total. The third kappa shape index (κ3) is 6.22. The molecule has 4 rings (SSSR count). The first kappa shape index (κ1) is 26.0. The number of carbonyl (C=O) groups is 2. The summed E-state index contributed by atoms with van der Waals surface area (Å²) in [5.74, 6) is -0.279. The number of aromatic hydroxyl groups is 1. The maximum Gasteiger partial charge on any atom is 0.408 e. The largest absolute Gasteiger partial charge is 0.494 e. The Hall–Kier alpha value is -4.03. The molecule has 9 heteroatoms. The third-order valence-electron chi connectivity index (χ3n) is 6.38. The van der Waals surface area contributed by atoms with Crippen molar-refractivity contribution in [1.29, 1.82) is 5.26 Å². The molecule has 37 heavy (non-hydrogen) atoms. The summed E-state index contributed by atoms with van der Waals surface area (Å²) in [7, 11) is 0. The molecule has 2 heterocycles. The van der Waals surface area contributed by atoms with Crippen LogP contribution in [0, 0.1) is 11.3 Å². The van der Waals surface area contributed by atoms with E-state index in [9.17, 15) is 20.0 Å². The van der Waals surface area contributed by atoms with Gasteiger partial charge in [0.05, 0.1) is 6.07 Å². The van der Waals surface area contributed by atoms with Crippen molar-refractivity contribution in [1.82, 2.24) is 15.6 Å².